The first-order chi connectivity index (χ1) is 12.6. The van der Waals surface area contributed by atoms with E-state index in [1.54, 1.807) is 13.8 Å². The molecule has 27 heavy (non-hydrogen) atoms. The lowest BCUT2D eigenvalue weighted by atomic mass is 9.96. The van der Waals surface area contributed by atoms with E-state index >= 15 is 0 Å². The lowest BCUT2D eigenvalue weighted by molar-refractivity contribution is -0.384. The molecule has 0 aliphatic carbocycles. The first-order valence-electron chi connectivity index (χ1n) is 8.01. The summed E-state index contributed by atoms with van der Waals surface area (Å²) < 4.78 is 4.59. The normalized spacial score (nSPS) is 25.3. The minimum absolute atomic E-state index is 0.0965. The molecule has 3 atom stereocenters. The molecule has 0 bridgehead atoms. The highest BCUT2D eigenvalue weighted by atomic mass is 32.2. The Morgan fingerprint density at radius 1 is 1.37 bits per heavy atom. The number of benzene rings is 1. The highest BCUT2D eigenvalue weighted by molar-refractivity contribution is 8.01. The zero-order valence-electron chi connectivity index (χ0n) is 14.4. The van der Waals surface area contributed by atoms with Gasteiger partial charge in [0.1, 0.15) is 23.2 Å². The number of nitro benzene ring substituents is 1. The minimum Gasteiger partial charge on any atom is -0.484 e. The van der Waals surface area contributed by atoms with E-state index in [2.05, 4.69) is 5.32 Å². The number of amides is 2. The number of rotatable bonds is 6. The largest absolute Gasteiger partial charge is 0.484 e. The van der Waals surface area contributed by atoms with Crippen LogP contribution in [-0.4, -0.2) is 61.5 Å². The van der Waals surface area contributed by atoms with E-state index in [1.807, 2.05) is 0 Å². The Hall–Kier alpha value is -2.82. The fourth-order valence-corrected chi connectivity index (χ4v) is 4.80. The van der Waals surface area contributed by atoms with E-state index < -0.39 is 44.9 Å². The zero-order chi connectivity index (χ0) is 19.9. The summed E-state index contributed by atoms with van der Waals surface area (Å²) in [6, 6.07) is 3.51. The van der Waals surface area contributed by atoms with Crippen molar-refractivity contribution in [1.82, 2.24) is 10.2 Å². The summed E-state index contributed by atoms with van der Waals surface area (Å²) in [6.07, 6.45) is 0. The number of β-lactam (4-membered cyclic amide) rings is 1. The summed E-state index contributed by atoms with van der Waals surface area (Å²) >= 11 is 1.33. The third-order valence-corrected chi connectivity index (χ3v) is 5.98. The number of ether oxygens (including phenoxy) is 1. The number of non-ortho nitro benzene ring substituents is 1. The molecule has 2 heterocycles. The van der Waals surface area contributed by atoms with Crippen LogP contribution < -0.4 is 10.1 Å². The zero-order valence-corrected chi connectivity index (χ0v) is 15.3. The lowest BCUT2D eigenvalue weighted by Gasteiger charge is -2.43. The van der Waals surface area contributed by atoms with Crippen LogP contribution in [0.2, 0.25) is 0 Å². The van der Waals surface area contributed by atoms with Crippen LogP contribution in [0, 0.1) is 10.1 Å². The number of nitro groups is 1. The molecule has 2 aliphatic rings. The van der Waals surface area contributed by atoms with E-state index in [-0.39, 0.29) is 18.0 Å². The number of carboxylic acids is 1. The molecule has 2 saturated heterocycles. The van der Waals surface area contributed by atoms with Crippen LogP contribution in [0.15, 0.2) is 24.3 Å². The Bertz CT molecular complexity index is 811. The number of aliphatic carboxylic acids is 1. The van der Waals surface area contributed by atoms with Gasteiger partial charge in [0.25, 0.3) is 11.6 Å². The molecule has 0 radical (unpaired) electrons. The van der Waals surface area contributed by atoms with Crippen LogP contribution >= 0.6 is 11.8 Å². The molecule has 2 amide bonds. The number of nitrogens with one attached hydrogen (secondary N) is 1. The number of carbonyl (C=O) groups is 3. The second-order valence-corrected chi connectivity index (χ2v) is 8.45. The van der Waals surface area contributed by atoms with Crippen molar-refractivity contribution in [1.29, 1.82) is 0 Å². The van der Waals surface area contributed by atoms with Crippen molar-refractivity contribution in [2.45, 2.75) is 36.1 Å². The highest BCUT2D eigenvalue weighted by Gasteiger charge is 2.64. The van der Waals surface area contributed by atoms with Gasteiger partial charge in [-0.05, 0) is 26.0 Å². The van der Waals surface area contributed by atoms with Gasteiger partial charge in [0.2, 0.25) is 5.91 Å². The molecule has 2 aliphatic heterocycles. The van der Waals surface area contributed by atoms with Crippen LogP contribution in [0.3, 0.4) is 0 Å². The summed E-state index contributed by atoms with van der Waals surface area (Å²) in [6.45, 7) is 3.13. The molecule has 3 rings (SSSR count). The van der Waals surface area contributed by atoms with Crippen molar-refractivity contribution in [3.63, 3.8) is 0 Å². The Morgan fingerprint density at radius 3 is 2.56 bits per heavy atom. The second kappa shape index (κ2) is 6.72. The number of fused-ring (bicyclic) bond motifs is 1. The minimum atomic E-state index is -1.07. The van der Waals surface area contributed by atoms with Gasteiger partial charge in [0.05, 0.1) is 4.92 Å². The predicted molar refractivity (Wildman–Crippen MR) is 94.2 cm³/mol. The average molecular weight is 395 g/mol. The van der Waals surface area contributed by atoms with Gasteiger partial charge < -0.3 is 20.1 Å². The van der Waals surface area contributed by atoms with Gasteiger partial charge in [-0.3, -0.25) is 19.7 Å². The molecule has 3 unspecified atom stereocenters. The van der Waals surface area contributed by atoms with E-state index in [0.29, 0.717) is 0 Å². The van der Waals surface area contributed by atoms with Crippen LogP contribution in [-0.2, 0) is 14.4 Å². The van der Waals surface area contributed by atoms with E-state index in [9.17, 15) is 29.6 Å². The summed E-state index contributed by atoms with van der Waals surface area (Å²) in [5.74, 6) is -1.77. The van der Waals surface area contributed by atoms with E-state index in [0.717, 1.165) is 0 Å². The number of nitrogens with zero attached hydrogens (tertiary/aromatic N) is 2. The maximum absolute atomic E-state index is 12.3. The van der Waals surface area contributed by atoms with Gasteiger partial charge in [-0.15, -0.1) is 11.8 Å². The van der Waals surface area contributed by atoms with Crippen LogP contribution in [0.1, 0.15) is 13.8 Å². The van der Waals surface area contributed by atoms with Gasteiger partial charge in [0.15, 0.2) is 6.61 Å². The number of carbonyl (C=O) groups excluding carboxylic acids is 2. The molecule has 2 N–H and O–H groups in total. The Morgan fingerprint density at radius 2 is 2.00 bits per heavy atom. The van der Waals surface area contributed by atoms with Crippen molar-refractivity contribution in [2.24, 2.45) is 0 Å². The molecule has 2 fully saturated rings. The SMILES string of the molecule is CC1(C)SC2C(NC(=O)COc3ccc([N+](=O)[O-])cc3)C(=O)N2C1C(=O)O. The summed E-state index contributed by atoms with van der Waals surface area (Å²) in [5, 5.41) is 22.1. The smallest absolute Gasteiger partial charge is 0.327 e. The Balaban J connectivity index is 1.56. The molecule has 1 aromatic carbocycles. The first-order valence-corrected chi connectivity index (χ1v) is 8.89. The van der Waals surface area contributed by atoms with Gasteiger partial charge in [-0.1, -0.05) is 0 Å². The van der Waals surface area contributed by atoms with E-state index in [1.165, 1.54) is 40.9 Å². The number of thioether (sulfide) groups is 1. The monoisotopic (exact) mass is 395 g/mol. The van der Waals surface area contributed by atoms with Crippen molar-refractivity contribution in [3.8, 4) is 5.75 Å². The molecule has 0 spiro atoms. The molecule has 0 saturated carbocycles. The third-order valence-electron chi connectivity index (χ3n) is 4.41. The summed E-state index contributed by atoms with van der Waals surface area (Å²) in [7, 11) is 0. The quantitative estimate of drug-likeness (QED) is 0.406. The molecule has 10 nitrogen and oxygen atoms in total. The lowest BCUT2D eigenvalue weighted by Crippen LogP contribution is -2.70. The fourth-order valence-electron chi connectivity index (χ4n) is 3.17. The van der Waals surface area contributed by atoms with Gasteiger partial charge >= 0.3 is 5.97 Å². The average Bonchev–Trinajstić information content (AvgIpc) is 2.86. The molecule has 1 aromatic rings. The molecular formula is C16H17N3O7S. The maximum atomic E-state index is 12.3. The van der Waals surface area contributed by atoms with Crippen molar-refractivity contribution in [3.05, 3.63) is 34.4 Å². The predicted octanol–water partition coefficient (Wildman–Crippen LogP) is 0.605. The first kappa shape index (κ1) is 19.0. The van der Waals surface area contributed by atoms with Crippen molar-refractivity contribution in [2.75, 3.05) is 6.61 Å². The highest BCUT2D eigenvalue weighted by Crippen LogP contribution is 2.50. The fraction of sp³-hybridized carbons (Fsp3) is 0.438. The molecule has 11 heteroatoms. The van der Waals surface area contributed by atoms with Crippen LogP contribution in [0.4, 0.5) is 5.69 Å². The molecule has 0 aromatic heterocycles. The topological polar surface area (TPSA) is 139 Å². The maximum Gasteiger partial charge on any atom is 0.327 e. The number of hydrogen-bond acceptors (Lipinski definition) is 7. The third kappa shape index (κ3) is 3.42. The summed E-state index contributed by atoms with van der Waals surface area (Å²) in [4.78, 5) is 47.1. The van der Waals surface area contributed by atoms with Crippen LogP contribution in [0.5, 0.6) is 5.75 Å². The van der Waals surface area contributed by atoms with Gasteiger partial charge in [-0.25, -0.2) is 4.79 Å². The van der Waals surface area contributed by atoms with E-state index in [4.69, 9.17) is 4.74 Å². The second-order valence-electron chi connectivity index (χ2n) is 6.68. The van der Waals surface area contributed by atoms with Crippen LogP contribution in [0.25, 0.3) is 0 Å². The molecular weight excluding hydrogens is 378 g/mol. The standard InChI is InChI=1S/C16H17N3O7S/c1-16(2)12(15(22)23)18-13(21)11(14(18)27-16)17-10(20)7-26-9-5-3-8(4-6-9)19(24)25/h3-6,11-12,14H,7H2,1-2H3,(H,17,20)(H,22,23). The number of carboxylic acid groups (broad SMARTS) is 1. The van der Waals surface area contributed by atoms with Gasteiger partial charge in [0, 0.05) is 16.9 Å². The van der Waals surface area contributed by atoms with Gasteiger partial charge in [-0.2, -0.15) is 0 Å². The summed E-state index contributed by atoms with van der Waals surface area (Å²) in [5.41, 5.74) is -0.0965. The Labute approximate surface area is 158 Å². The Kier molecular flexibility index (Phi) is 4.72. The number of hydrogen-bond donors (Lipinski definition) is 2. The van der Waals surface area contributed by atoms with Crippen molar-refractivity contribution < 1.29 is 29.2 Å². The molecule has 144 valence electrons. The van der Waals surface area contributed by atoms with Crippen molar-refractivity contribution >= 4 is 35.2 Å².